The summed E-state index contributed by atoms with van der Waals surface area (Å²) in [5.41, 5.74) is 1.98. The van der Waals surface area contributed by atoms with Crippen LogP contribution in [0.25, 0.3) is 0 Å². The molecule has 3 nitrogen and oxygen atoms in total. The van der Waals surface area contributed by atoms with Gasteiger partial charge in [-0.2, -0.15) is 0 Å². The van der Waals surface area contributed by atoms with Gasteiger partial charge in [0.05, 0.1) is 19.3 Å². The predicted molar refractivity (Wildman–Crippen MR) is 82.8 cm³/mol. The summed E-state index contributed by atoms with van der Waals surface area (Å²) in [6, 6.07) is 9.90. The van der Waals surface area contributed by atoms with E-state index in [0.717, 1.165) is 30.4 Å². The molecule has 1 aliphatic carbocycles. The second-order valence-corrected chi connectivity index (χ2v) is 5.75. The average molecular weight is 288 g/mol. The Hall–Kier alpha value is -1.45. The van der Waals surface area contributed by atoms with Crippen molar-refractivity contribution in [2.45, 2.75) is 45.3 Å². The summed E-state index contributed by atoms with van der Waals surface area (Å²) in [5.74, 6) is 0.184. The van der Waals surface area contributed by atoms with Gasteiger partial charge in [-0.05, 0) is 30.4 Å². The van der Waals surface area contributed by atoms with Crippen LogP contribution in [0, 0.1) is 5.92 Å². The minimum atomic E-state index is -0.573. The van der Waals surface area contributed by atoms with Gasteiger partial charge in [-0.3, -0.25) is 4.79 Å². The number of ketones is 1. The Kier molecular flexibility index (Phi) is 6.15. The molecule has 21 heavy (non-hydrogen) atoms. The monoisotopic (exact) mass is 288 g/mol. The largest absolute Gasteiger partial charge is 0.390 e. The van der Waals surface area contributed by atoms with E-state index in [4.69, 9.17) is 4.74 Å². The summed E-state index contributed by atoms with van der Waals surface area (Å²) in [6.07, 6.45) is 4.92. The van der Waals surface area contributed by atoms with Crippen molar-refractivity contribution in [1.29, 1.82) is 0 Å². The molecule has 0 saturated heterocycles. The van der Waals surface area contributed by atoms with Crippen LogP contribution in [0.5, 0.6) is 0 Å². The Bertz CT molecular complexity index is 478. The zero-order chi connectivity index (χ0) is 15.1. The van der Waals surface area contributed by atoms with Crippen LogP contribution in [0.4, 0.5) is 0 Å². The highest BCUT2D eigenvalue weighted by molar-refractivity contribution is 5.95. The normalized spacial score (nSPS) is 20.5. The molecular formula is C18H24O3. The van der Waals surface area contributed by atoms with Crippen molar-refractivity contribution in [1.82, 2.24) is 0 Å². The molecule has 3 heteroatoms. The lowest BCUT2D eigenvalue weighted by molar-refractivity contribution is -0.116. The van der Waals surface area contributed by atoms with Gasteiger partial charge in [0.1, 0.15) is 0 Å². The summed E-state index contributed by atoms with van der Waals surface area (Å²) in [6.45, 7) is 2.72. The number of carbonyl (C=O) groups excluding carboxylic acids is 1. The third kappa shape index (κ3) is 5.10. The molecule has 2 atom stereocenters. The Labute approximate surface area is 126 Å². The molecule has 0 aromatic heterocycles. The molecule has 1 fully saturated rings. The fourth-order valence-electron chi connectivity index (χ4n) is 2.53. The first-order valence-corrected chi connectivity index (χ1v) is 7.70. The molecule has 0 spiro atoms. The zero-order valence-electron chi connectivity index (χ0n) is 12.6. The second-order valence-electron chi connectivity index (χ2n) is 5.75. The number of Topliss-reactive ketones (excluding diaryl/α,β-unsaturated/α-hetero) is 1. The van der Waals surface area contributed by atoms with Crippen molar-refractivity contribution in [2.75, 3.05) is 6.61 Å². The first-order valence-electron chi connectivity index (χ1n) is 7.70. The van der Waals surface area contributed by atoms with Gasteiger partial charge in [0.15, 0.2) is 5.78 Å². The van der Waals surface area contributed by atoms with Gasteiger partial charge in [0.25, 0.3) is 0 Å². The Morgan fingerprint density at radius 3 is 2.67 bits per heavy atom. The number of hydrogen-bond acceptors (Lipinski definition) is 3. The lowest BCUT2D eigenvalue weighted by Crippen LogP contribution is -2.23. The van der Waals surface area contributed by atoms with Crippen molar-refractivity contribution < 1.29 is 14.6 Å². The quantitative estimate of drug-likeness (QED) is 0.817. The first-order chi connectivity index (χ1) is 10.2. The van der Waals surface area contributed by atoms with E-state index < -0.39 is 6.10 Å². The van der Waals surface area contributed by atoms with Crippen LogP contribution in [0.1, 0.15) is 38.2 Å². The van der Waals surface area contributed by atoms with Crippen molar-refractivity contribution in [3.63, 3.8) is 0 Å². The van der Waals surface area contributed by atoms with Gasteiger partial charge in [-0.25, -0.2) is 0 Å². The van der Waals surface area contributed by atoms with E-state index in [1.54, 1.807) is 0 Å². The van der Waals surface area contributed by atoms with Gasteiger partial charge in [0, 0.05) is 12.3 Å². The van der Waals surface area contributed by atoms with Crippen molar-refractivity contribution >= 4 is 5.78 Å². The number of carbonyl (C=O) groups is 1. The summed E-state index contributed by atoms with van der Waals surface area (Å²) >= 11 is 0. The van der Waals surface area contributed by atoms with Crippen molar-refractivity contribution in [3.8, 4) is 0 Å². The average Bonchev–Trinajstić information content (AvgIpc) is 2.50. The third-order valence-electron chi connectivity index (χ3n) is 3.93. The van der Waals surface area contributed by atoms with Crippen LogP contribution in [-0.4, -0.2) is 23.6 Å². The van der Waals surface area contributed by atoms with Crippen LogP contribution in [0.15, 0.2) is 42.0 Å². The first kappa shape index (κ1) is 15.9. The Morgan fingerprint density at radius 2 is 1.95 bits per heavy atom. The van der Waals surface area contributed by atoms with Gasteiger partial charge in [-0.1, -0.05) is 43.3 Å². The van der Waals surface area contributed by atoms with Crippen LogP contribution in [-0.2, 0) is 16.1 Å². The fraction of sp³-hybridized carbons (Fsp3) is 0.500. The maximum atomic E-state index is 11.8. The number of hydrogen-bond donors (Lipinski definition) is 1. The van der Waals surface area contributed by atoms with Crippen molar-refractivity contribution in [2.24, 2.45) is 5.92 Å². The smallest absolute Gasteiger partial charge is 0.158 e. The van der Waals surface area contributed by atoms with Gasteiger partial charge in [0.2, 0.25) is 0 Å². The zero-order valence-corrected chi connectivity index (χ0v) is 12.6. The minimum absolute atomic E-state index is 0.0576. The second kappa shape index (κ2) is 8.11. The molecule has 1 aromatic carbocycles. The standard InChI is InChI=1S/C18H24O3/c1-14(11-16-9-5-6-10-17(16)19)18(20)13-21-12-15-7-3-2-4-8-15/h2-4,7-8,11,14,18,20H,5-6,9-10,12-13H2,1H3/b16-11-. The van der Waals surface area contributed by atoms with E-state index in [9.17, 15) is 9.90 Å². The highest BCUT2D eigenvalue weighted by atomic mass is 16.5. The van der Waals surface area contributed by atoms with Gasteiger partial charge in [-0.15, -0.1) is 0 Å². The topological polar surface area (TPSA) is 46.5 Å². The molecule has 1 aliphatic rings. The van der Waals surface area contributed by atoms with E-state index >= 15 is 0 Å². The van der Waals surface area contributed by atoms with Crippen LogP contribution in [0.3, 0.4) is 0 Å². The van der Waals surface area contributed by atoms with Gasteiger partial charge < -0.3 is 9.84 Å². The van der Waals surface area contributed by atoms with E-state index in [-0.39, 0.29) is 18.3 Å². The molecule has 2 rings (SSSR count). The number of ether oxygens (including phenoxy) is 1. The number of rotatable bonds is 6. The molecule has 1 aromatic rings. The molecule has 0 aliphatic heterocycles. The number of aliphatic hydroxyl groups is 1. The lowest BCUT2D eigenvalue weighted by atomic mass is 9.90. The molecule has 1 saturated carbocycles. The summed E-state index contributed by atoms with van der Waals surface area (Å²) in [5, 5.41) is 10.1. The predicted octanol–water partition coefficient (Wildman–Crippen LogP) is 3.27. The van der Waals surface area contributed by atoms with Crippen molar-refractivity contribution in [3.05, 3.63) is 47.5 Å². The Morgan fingerprint density at radius 1 is 1.24 bits per heavy atom. The van der Waals surface area contributed by atoms with E-state index in [1.807, 2.05) is 43.3 Å². The van der Waals surface area contributed by atoms with Crippen LogP contribution < -0.4 is 0 Å². The Balaban J connectivity index is 1.78. The maximum Gasteiger partial charge on any atom is 0.158 e. The summed E-state index contributed by atoms with van der Waals surface area (Å²) in [7, 11) is 0. The minimum Gasteiger partial charge on any atom is -0.390 e. The highest BCUT2D eigenvalue weighted by Gasteiger charge is 2.18. The molecular weight excluding hydrogens is 264 g/mol. The van der Waals surface area contributed by atoms with E-state index in [0.29, 0.717) is 13.0 Å². The SMILES string of the molecule is CC(/C=C1/CCCCC1=O)C(O)COCc1ccccc1. The van der Waals surface area contributed by atoms with E-state index in [1.165, 1.54) is 0 Å². The highest BCUT2D eigenvalue weighted by Crippen LogP contribution is 2.22. The maximum absolute atomic E-state index is 11.8. The number of allylic oxidation sites excluding steroid dienone is 1. The molecule has 0 amide bonds. The molecule has 1 N–H and O–H groups in total. The molecule has 2 unspecified atom stereocenters. The third-order valence-corrected chi connectivity index (χ3v) is 3.93. The number of aliphatic hydroxyl groups excluding tert-OH is 1. The summed E-state index contributed by atoms with van der Waals surface area (Å²) in [4.78, 5) is 11.8. The molecule has 0 bridgehead atoms. The van der Waals surface area contributed by atoms with Crippen LogP contribution in [0.2, 0.25) is 0 Å². The fourth-order valence-corrected chi connectivity index (χ4v) is 2.53. The van der Waals surface area contributed by atoms with Crippen LogP contribution >= 0.6 is 0 Å². The summed E-state index contributed by atoms with van der Waals surface area (Å²) < 4.78 is 5.55. The molecule has 114 valence electrons. The lowest BCUT2D eigenvalue weighted by Gasteiger charge is -2.19. The molecule has 0 heterocycles. The molecule has 0 radical (unpaired) electrons. The number of benzene rings is 1. The van der Waals surface area contributed by atoms with E-state index in [2.05, 4.69) is 0 Å². The van der Waals surface area contributed by atoms with Gasteiger partial charge >= 0.3 is 0 Å².